The summed E-state index contributed by atoms with van der Waals surface area (Å²) in [4.78, 5) is 3.30. The van der Waals surface area contributed by atoms with Gasteiger partial charge in [0, 0.05) is 28.7 Å². The SMILES string of the molecule is CNCc1cc(Cl)cc(S(=O)(=O)Nc2nccs2)c1F. The molecule has 0 radical (unpaired) electrons. The second-order valence-electron chi connectivity index (χ2n) is 3.85. The van der Waals surface area contributed by atoms with Crippen LogP contribution in [0.3, 0.4) is 0 Å². The number of sulfonamides is 1. The van der Waals surface area contributed by atoms with E-state index in [4.69, 9.17) is 11.6 Å². The van der Waals surface area contributed by atoms with Crippen LogP contribution in [0.4, 0.5) is 9.52 Å². The molecule has 0 fully saturated rings. The van der Waals surface area contributed by atoms with Crippen molar-refractivity contribution in [1.82, 2.24) is 10.3 Å². The Bertz CT molecular complexity index is 705. The number of hydrogen-bond acceptors (Lipinski definition) is 5. The van der Waals surface area contributed by atoms with Crippen molar-refractivity contribution in [2.45, 2.75) is 11.4 Å². The Hall–Kier alpha value is -1.22. The van der Waals surface area contributed by atoms with Crippen molar-refractivity contribution >= 4 is 38.1 Å². The molecule has 0 bridgehead atoms. The van der Waals surface area contributed by atoms with Gasteiger partial charge in [0.05, 0.1) is 0 Å². The van der Waals surface area contributed by atoms with Gasteiger partial charge >= 0.3 is 0 Å². The lowest BCUT2D eigenvalue weighted by molar-refractivity contribution is 0.556. The smallest absolute Gasteiger partial charge is 0.266 e. The van der Waals surface area contributed by atoms with Crippen LogP contribution in [-0.2, 0) is 16.6 Å². The Labute approximate surface area is 124 Å². The van der Waals surface area contributed by atoms with Crippen LogP contribution in [0.5, 0.6) is 0 Å². The normalized spacial score (nSPS) is 11.6. The number of anilines is 1. The summed E-state index contributed by atoms with van der Waals surface area (Å²) in [6.07, 6.45) is 1.45. The zero-order valence-electron chi connectivity index (χ0n) is 10.4. The highest BCUT2D eigenvalue weighted by Crippen LogP contribution is 2.26. The molecule has 0 unspecified atom stereocenters. The summed E-state index contributed by atoms with van der Waals surface area (Å²) in [5.74, 6) is -0.826. The Kier molecular flexibility index (Phi) is 4.59. The third kappa shape index (κ3) is 3.26. The van der Waals surface area contributed by atoms with Gasteiger partial charge in [0.25, 0.3) is 10.0 Å². The maximum absolute atomic E-state index is 14.2. The molecule has 0 amide bonds. The number of nitrogens with one attached hydrogen (secondary N) is 2. The van der Waals surface area contributed by atoms with Gasteiger partial charge in [0.15, 0.2) is 5.13 Å². The van der Waals surface area contributed by atoms with Crippen molar-refractivity contribution in [2.24, 2.45) is 0 Å². The molecule has 0 saturated carbocycles. The van der Waals surface area contributed by atoms with Gasteiger partial charge in [0.1, 0.15) is 10.7 Å². The van der Waals surface area contributed by atoms with Crippen molar-refractivity contribution in [3.63, 3.8) is 0 Å². The number of aromatic nitrogens is 1. The van der Waals surface area contributed by atoms with Gasteiger partial charge in [-0.15, -0.1) is 11.3 Å². The fraction of sp³-hybridized carbons (Fsp3) is 0.182. The fourth-order valence-corrected chi connectivity index (χ4v) is 3.82. The molecule has 2 aromatic rings. The van der Waals surface area contributed by atoms with Crippen molar-refractivity contribution in [3.8, 4) is 0 Å². The zero-order valence-corrected chi connectivity index (χ0v) is 12.7. The first-order valence-corrected chi connectivity index (χ1v) is 8.23. The summed E-state index contributed by atoms with van der Waals surface area (Å²) < 4.78 is 40.8. The lowest BCUT2D eigenvalue weighted by atomic mass is 10.2. The summed E-state index contributed by atoms with van der Waals surface area (Å²) >= 11 is 6.95. The molecule has 0 saturated heterocycles. The number of nitrogens with zero attached hydrogens (tertiary/aromatic N) is 1. The summed E-state index contributed by atoms with van der Waals surface area (Å²) in [7, 11) is -2.44. The maximum atomic E-state index is 14.2. The third-order valence-electron chi connectivity index (χ3n) is 2.39. The molecule has 0 aliphatic rings. The van der Waals surface area contributed by atoms with Gasteiger partial charge in [-0.25, -0.2) is 17.8 Å². The highest BCUT2D eigenvalue weighted by atomic mass is 35.5. The maximum Gasteiger partial charge on any atom is 0.266 e. The molecule has 5 nitrogen and oxygen atoms in total. The van der Waals surface area contributed by atoms with E-state index in [0.29, 0.717) is 0 Å². The van der Waals surface area contributed by atoms with E-state index in [1.165, 1.54) is 12.3 Å². The molecule has 1 heterocycles. The highest BCUT2D eigenvalue weighted by Gasteiger charge is 2.23. The number of thiazole rings is 1. The minimum Gasteiger partial charge on any atom is -0.316 e. The number of halogens is 2. The van der Waals surface area contributed by atoms with E-state index in [1.807, 2.05) is 0 Å². The van der Waals surface area contributed by atoms with E-state index in [-0.39, 0.29) is 22.3 Å². The van der Waals surface area contributed by atoms with Gasteiger partial charge in [-0.05, 0) is 19.2 Å². The number of hydrogen-bond donors (Lipinski definition) is 2. The highest BCUT2D eigenvalue weighted by molar-refractivity contribution is 7.93. The molecular formula is C11H11ClFN3O2S2. The summed E-state index contributed by atoms with van der Waals surface area (Å²) in [6.45, 7) is 0.173. The van der Waals surface area contributed by atoms with Crippen LogP contribution in [-0.4, -0.2) is 20.4 Å². The van der Waals surface area contributed by atoms with Crippen LogP contribution < -0.4 is 10.0 Å². The minimum absolute atomic E-state index is 0.149. The van der Waals surface area contributed by atoms with Crippen molar-refractivity contribution in [1.29, 1.82) is 0 Å². The predicted octanol–water partition coefficient (Wildman–Crippen LogP) is 2.46. The largest absolute Gasteiger partial charge is 0.316 e. The summed E-state index contributed by atoms with van der Waals surface area (Å²) in [6, 6.07) is 2.46. The van der Waals surface area contributed by atoms with E-state index < -0.39 is 20.7 Å². The Morgan fingerprint density at radius 2 is 2.20 bits per heavy atom. The quantitative estimate of drug-likeness (QED) is 0.880. The first kappa shape index (κ1) is 15.2. The molecule has 1 aromatic carbocycles. The second-order valence-corrected chi connectivity index (χ2v) is 6.83. The first-order chi connectivity index (χ1) is 9.44. The van der Waals surface area contributed by atoms with Gasteiger partial charge < -0.3 is 5.32 Å². The molecule has 0 atom stereocenters. The van der Waals surface area contributed by atoms with Crippen LogP contribution >= 0.6 is 22.9 Å². The molecule has 0 aliphatic heterocycles. The first-order valence-electron chi connectivity index (χ1n) is 5.49. The number of benzene rings is 1. The predicted molar refractivity (Wildman–Crippen MR) is 77.1 cm³/mol. The summed E-state index contributed by atoms with van der Waals surface area (Å²) in [5.41, 5.74) is 0.180. The Morgan fingerprint density at radius 3 is 2.80 bits per heavy atom. The van der Waals surface area contributed by atoms with Crippen LogP contribution in [0.25, 0.3) is 0 Å². The average molecular weight is 336 g/mol. The van der Waals surface area contributed by atoms with E-state index in [0.717, 1.165) is 17.4 Å². The molecule has 20 heavy (non-hydrogen) atoms. The van der Waals surface area contributed by atoms with E-state index >= 15 is 0 Å². The average Bonchev–Trinajstić information content (AvgIpc) is 2.85. The molecule has 2 rings (SSSR count). The van der Waals surface area contributed by atoms with Crippen molar-refractivity contribution < 1.29 is 12.8 Å². The zero-order chi connectivity index (χ0) is 14.8. The van der Waals surface area contributed by atoms with Crippen molar-refractivity contribution in [3.05, 3.63) is 40.1 Å². The van der Waals surface area contributed by atoms with E-state index in [9.17, 15) is 12.8 Å². The summed E-state index contributed by atoms with van der Waals surface area (Å²) in [5, 5.41) is 4.68. The molecule has 2 N–H and O–H groups in total. The van der Waals surface area contributed by atoms with Crippen molar-refractivity contribution in [2.75, 3.05) is 11.8 Å². The van der Waals surface area contributed by atoms with Gasteiger partial charge in [-0.1, -0.05) is 11.6 Å². The van der Waals surface area contributed by atoms with Crippen LogP contribution in [0.1, 0.15) is 5.56 Å². The minimum atomic E-state index is -4.07. The Balaban J connectivity index is 2.45. The fourth-order valence-electron chi connectivity index (χ4n) is 1.58. The molecule has 9 heteroatoms. The Morgan fingerprint density at radius 1 is 1.45 bits per heavy atom. The van der Waals surface area contributed by atoms with E-state index in [2.05, 4.69) is 15.0 Å². The molecular weight excluding hydrogens is 325 g/mol. The molecule has 108 valence electrons. The van der Waals surface area contributed by atoms with Gasteiger partial charge in [-0.2, -0.15) is 0 Å². The van der Waals surface area contributed by atoms with Gasteiger partial charge in [-0.3, -0.25) is 4.72 Å². The monoisotopic (exact) mass is 335 g/mol. The van der Waals surface area contributed by atoms with Crippen LogP contribution in [0.2, 0.25) is 5.02 Å². The van der Waals surface area contributed by atoms with Crippen LogP contribution in [0, 0.1) is 5.82 Å². The third-order valence-corrected chi connectivity index (χ3v) is 4.76. The standard InChI is InChI=1S/C11H11ClFN3O2S2/c1-14-6-7-4-8(12)5-9(10(7)13)20(17,18)16-11-15-2-3-19-11/h2-5,14H,6H2,1H3,(H,15,16). The number of rotatable bonds is 5. The lowest BCUT2D eigenvalue weighted by Crippen LogP contribution is -2.17. The van der Waals surface area contributed by atoms with E-state index in [1.54, 1.807) is 12.4 Å². The van der Waals surface area contributed by atoms with Crippen LogP contribution in [0.15, 0.2) is 28.6 Å². The molecule has 1 aromatic heterocycles. The topological polar surface area (TPSA) is 71.1 Å². The lowest BCUT2D eigenvalue weighted by Gasteiger charge is -2.10. The molecule has 0 spiro atoms. The van der Waals surface area contributed by atoms with Gasteiger partial charge in [0.2, 0.25) is 0 Å². The second kappa shape index (κ2) is 6.04. The molecule has 0 aliphatic carbocycles.